The Morgan fingerprint density at radius 1 is 0.889 bits per heavy atom. The Bertz CT molecular complexity index is 1430. The maximum atomic E-state index is 13.7. The Kier molecular flexibility index (Phi) is 6.58. The zero-order valence-corrected chi connectivity index (χ0v) is 20.4. The van der Waals surface area contributed by atoms with Gasteiger partial charge in [-0.2, -0.15) is 0 Å². The van der Waals surface area contributed by atoms with Gasteiger partial charge in [-0.1, -0.05) is 30.3 Å². The summed E-state index contributed by atoms with van der Waals surface area (Å²) in [6, 6.07) is 22.9. The number of carbonyl (C=O) groups excluding carboxylic acids is 1. The fourth-order valence-electron chi connectivity index (χ4n) is 4.56. The van der Waals surface area contributed by atoms with Crippen molar-refractivity contribution in [2.75, 3.05) is 50.2 Å². The molecule has 1 saturated heterocycles. The number of fused-ring (bicyclic) bond motifs is 1. The normalized spacial score (nSPS) is 13.6. The van der Waals surface area contributed by atoms with E-state index >= 15 is 0 Å². The average Bonchev–Trinajstić information content (AvgIpc) is 2.94. The quantitative estimate of drug-likeness (QED) is 0.387. The highest BCUT2D eigenvalue weighted by molar-refractivity contribution is 5.94. The molecular formula is C28H28N4O4. The van der Waals surface area contributed by atoms with Crippen LogP contribution in [0.2, 0.25) is 0 Å². The van der Waals surface area contributed by atoms with E-state index in [0.717, 1.165) is 24.4 Å². The summed E-state index contributed by atoms with van der Waals surface area (Å²) < 4.78 is 11.9. The van der Waals surface area contributed by atoms with Crippen molar-refractivity contribution in [1.82, 2.24) is 9.55 Å². The highest BCUT2D eigenvalue weighted by Gasteiger charge is 2.23. The summed E-state index contributed by atoms with van der Waals surface area (Å²) in [6.45, 7) is 3.42. The number of aromatic nitrogens is 2. The van der Waals surface area contributed by atoms with E-state index in [0.29, 0.717) is 42.0 Å². The van der Waals surface area contributed by atoms with Crippen molar-refractivity contribution in [1.29, 1.82) is 0 Å². The van der Waals surface area contributed by atoms with Crippen LogP contribution in [-0.4, -0.2) is 55.9 Å². The molecular weight excluding hydrogens is 456 g/mol. The van der Waals surface area contributed by atoms with Crippen molar-refractivity contribution in [3.63, 3.8) is 0 Å². The molecule has 5 rings (SSSR count). The number of ether oxygens (including phenoxy) is 2. The maximum Gasteiger partial charge on any atom is 0.337 e. The van der Waals surface area contributed by atoms with Gasteiger partial charge in [0.15, 0.2) is 0 Å². The van der Waals surface area contributed by atoms with E-state index < -0.39 is 5.97 Å². The van der Waals surface area contributed by atoms with Gasteiger partial charge in [0.05, 0.1) is 37.2 Å². The summed E-state index contributed by atoms with van der Waals surface area (Å²) in [4.78, 5) is 35.2. The number of esters is 1. The first-order valence-corrected chi connectivity index (χ1v) is 11.9. The second-order valence-electron chi connectivity index (χ2n) is 8.68. The first-order valence-electron chi connectivity index (χ1n) is 11.9. The van der Waals surface area contributed by atoms with Crippen LogP contribution in [-0.2, 0) is 11.3 Å². The lowest BCUT2D eigenvalue weighted by Crippen LogP contribution is -2.48. The van der Waals surface area contributed by atoms with Gasteiger partial charge in [0.2, 0.25) is 5.95 Å². The van der Waals surface area contributed by atoms with E-state index in [1.54, 1.807) is 29.9 Å². The SMILES string of the molecule is COC(=O)c1ccc2c(=O)n(Cc3ccc(OC)cc3)c(N3CCN(c4ccccc4)CC3)nc2c1. The molecule has 2 heterocycles. The van der Waals surface area contributed by atoms with Gasteiger partial charge in [0, 0.05) is 31.9 Å². The lowest BCUT2D eigenvalue weighted by molar-refractivity contribution is 0.0601. The monoisotopic (exact) mass is 484 g/mol. The fourth-order valence-corrected chi connectivity index (χ4v) is 4.56. The number of benzene rings is 3. The maximum absolute atomic E-state index is 13.7. The molecule has 1 aromatic heterocycles. The van der Waals surface area contributed by atoms with Gasteiger partial charge in [0.25, 0.3) is 5.56 Å². The third kappa shape index (κ3) is 4.62. The summed E-state index contributed by atoms with van der Waals surface area (Å²) >= 11 is 0. The molecule has 8 heteroatoms. The van der Waals surface area contributed by atoms with Gasteiger partial charge >= 0.3 is 5.97 Å². The molecule has 0 atom stereocenters. The Labute approximate surface area is 209 Å². The number of piperazine rings is 1. The predicted molar refractivity (Wildman–Crippen MR) is 140 cm³/mol. The highest BCUT2D eigenvalue weighted by atomic mass is 16.5. The molecule has 1 fully saturated rings. The summed E-state index contributed by atoms with van der Waals surface area (Å²) in [5.41, 5.74) is 2.85. The van der Waals surface area contributed by atoms with Crippen LogP contribution in [0.4, 0.5) is 11.6 Å². The number of hydrogen-bond donors (Lipinski definition) is 0. The van der Waals surface area contributed by atoms with Crippen molar-refractivity contribution in [2.45, 2.75) is 6.54 Å². The van der Waals surface area contributed by atoms with Crippen LogP contribution >= 0.6 is 0 Å². The molecule has 0 radical (unpaired) electrons. The summed E-state index contributed by atoms with van der Waals surface area (Å²) in [7, 11) is 2.97. The number of anilines is 2. The molecule has 3 aromatic carbocycles. The molecule has 0 N–H and O–H groups in total. The smallest absolute Gasteiger partial charge is 0.337 e. The minimum atomic E-state index is -0.459. The number of methoxy groups -OCH3 is 2. The minimum Gasteiger partial charge on any atom is -0.497 e. The molecule has 184 valence electrons. The van der Waals surface area contributed by atoms with Gasteiger partial charge in [-0.3, -0.25) is 9.36 Å². The van der Waals surface area contributed by atoms with Crippen LogP contribution in [0.5, 0.6) is 5.75 Å². The number of carbonyl (C=O) groups is 1. The molecule has 0 amide bonds. The van der Waals surface area contributed by atoms with Crippen LogP contribution in [0, 0.1) is 0 Å². The minimum absolute atomic E-state index is 0.146. The van der Waals surface area contributed by atoms with E-state index in [1.165, 1.54) is 12.8 Å². The van der Waals surface area contributed by atoms with E-state index in [2.05, 4.69) is 21.9 Å². The summed E-state index contributed by atoms with van der Waals surface area (Å²) in [6.07, 6.45) is 0. The number of rotatable bonds is 6. The predicted octanol–water partition coefficient (Wildman–Crippen LogP) is 3.57. The third-order valence-corrected chi connectivity index (χ3v) is 6.54. The van der Waals surface area contributed by atoms with Crippen LogP contribution in [0.15, 0.2) is 77.6 Å². The number of nitrogens with zero attached hydrogens (tertiary/aromatic N) is 4. The largest absolute Gasteiger partial charge is 0.497 e. The molecule has 0 saturated carbocycles. The Morgan fingerprint density at radius 3 is 2.25 bits per heavy atom. The second kappa shape index (κ2) is 10.1. The van der Waals surface area contributed by atoms with Crippen LogP contribution in [0.3, 0.4) is 0 Å². The summed E-state index contributed by atoms with van der Waals surface area (Å²) in [5.74, 6) is 0.896. The molecule has 8 nitrogen and oxygen atoms in total. The van der Waals surface area contributed by atoms with Crippen LogP contribution in [0.1, 0.15) is 15.9 Å². The van der Waals surface area contributed by atoms with Gasteiger partial charge in [-0.05, 0) is 48.0 Å². The molecule has 0 bridgehead atoms. The van der Waals surface area contributed by atoms with Gasteiger partial charge < -0.3 is 19.3 Å². The standard InChI is InChI=1S/C28H28N4O4/c1-35-23-11-8-20(9-12-23)19-32-26(33)24-13-10-21(27(34)36-2)18-25(24)29-28(32)31-16-14-30(15-17-31)22-6-4-3-5-7-22/h3-13,18H,14-17,19H2,1-2H3. The van der Waals surface area contributed by atoms with Crippen molar-refractivity contribution in [3.8, 4) is 5.75 Å². The fraction of sp³-hybridized carbons (Fsp3) is 0.250. The van der Waals surface area contributed by atoms with Crippen molar-refractivity contribution in [3.05, 3.63) is 94.3 Å². The molecule has 4 aromatic rings. The van der Waals surface area contributed by atoms with Crippen molar-refractivity contribution < 1.29 is 14.3 Å². The van der Waals surface area contributed by atoms with E-state index in [1.807, 2.05) is 42.5 Å². The topological polar surface area (TPSA) is 76.9 Å². The van der Waals surface area contributed by atoms with Gasteiger partial charge in [-0.15, -0.1) is 0 Å². The molecule has 0 spiro atoms. The summed E-state index contributed by atoms with van der Waals surface area (Å²) in [5, 5.41) is 0.461. The average molecular weight is 485 g/mol. The number of hydrogen-bond acceptors (Lipinski definition) is 7. The molecule has 1 aliphatic rings. The lowest BCUT2D eigenvalue weighted by Gasteiger charge is -2.37. The van der Waals surface area contributed by atoms with Gasteiger partial charge in [-0.25, -0.2) is 9.78 Å². The molecule has 0 unspecified atom stereocenters. The molecule has 36 heavy (non-hydrogen) atoms. The zero-order valence-electron chi connectivity index (χ0n) is 20.4. The van der Waals surface area contributed by atoms with E-state index in [-0.39, 0.29) is 5.56 Å². The second-order valence-corrected chi connectivity index (χ2v) is 8.68. The Balaban J connectivity index is 1.53. The van der Waals surface area contributed by atoms with Crippen LogP contribution in [0.25, 0.3) is 10.9 Å². The first kappa shape index (κ1) is 23.4. The highest BCUT2D eigenvalue weighted by Crippen LogP contribution is 2.22. The lowest BCUT2D eigenvalue weighted by atomic mass is 10.1. The Morgan fingerprint density at radius 2 is 1.58 bits per heavy atom. The van der Waals surface area contributed by atoms with Crippen molar-refractivity contribution in [2.24, 2.45) is 0 Å². The van der Waals surface area contributed by atoms with E-state index in [4.69, 9.17) is 14.5 Å². The van der Waals surface area contributed by atoms with Gasteiger partial charge in [0.1, 0.15) is 5.75 Å². The first-order chi connectivity index (χ1) is 17.6. The molecule has 1 aliphatic heterocycles. The van der Waals surface area contributed by atoms with Crippen LogP contribution < -0.4 is 20.1 Å². The Hall–Kier alpha value is -4.33. The third-order valence-electron chi connectivity index (χ3n) is 6.54. The molecule has 0 aliphatic carbocycles. The number of para-hydroxylation sites is 1. The van der Waals surface area contributed by atoms with Crippen molar-refractivity contribution >= 4 is 28.5 Å². The zero-order chi connectivity index (χ0) is 25.1. The van der Waals surface area contributed by atoms with E-state index in [9.17, 15) is 9.59 Å².